The van der Waals surface area contributed by atoms with Crippen molar-refractivity contribution in [3.63, 3.8) is 0 Å². The first-order valence-corrected chi connectivity index (χ1v) is 7.31. The molecule has 0 unspecified atom stereocenters. The predicted octanol–water partition coefficient (Wildman–Crippen LogP) is 4.83. The highest BCUT2D eigenvalue weighted by Gasteiger charge is 2.32. The summed E-state index contributed by atoms with van der Waals surface area (Å²) in [5, 5.41) is 2.88. The van der Waals surface area contributed by atoms with Crippen LogP contribution in [0.3, 0.4) is 0 Å². The lowest BCUT2D eigenvalue weighted by atomic mass is 10.0. The maximum Gasteiger partial charge on any atom is 0.433 e. The fourth-order valence-corrected chi connectivity index (χ4v) is 2.31. The molecule has 1 N–H and O–H groups in total. The Morgan fingerprint density at radius 3 is 2.33 bits per heavy atom. The molecule has 0 aliphatic rings. The van der Waals surface area contributed by atoms with Crippen LogP contribution in [0, 0.1) is 0 Å². The van der Waals surface area contributed by atoms with Crippen LogP contribution in [-0.4, -0.2) is 9.97 Å². The second-order valence-electron chi connectivity index (χ2n) is 5.21. The van der Waals surface area contributed by atoms with Crippen LogP contribution in [0.15, 0.2) is 66.9 Å². The number of anilines is 2. The molecular weight excluding hydrogens is 315 g/mol. The van der Waals surface area contributed by atoms with Crippen molar-refractivity contribution < 1.29 is 13.2 Å². The number of nitrogens with zero attached hydrogens (tertiary/aromatic N) is 2. The molecule has 24 heavy (non-hydrogen) atoms. The number of alkyl halides is 3. The van der Waals surface area contributed by atoms with Gasteiger partial charge in [0.1, 0.15) is 5.69 Å². The molecule has 0 radical (unpaired) electrons. The van der Waals surface area contributed by atoms with Gasteiger partial charge in [-0.05, 0) is 29.7 Å². The average Bonchev–Trinajstić information content (AvgIpc) is 2.57. The SMILES string of the molecule is FC(F)(F)c1ccnc(Nc2ccccc2Cc2ccccc2)n1. The van der Waals surface area contributed by atoms with E-state index in [2.05, 4.69) is 15.3 Å². The Bertz CT molecular complexity index is 817. The van der Waals surface area contributed by atoms with Crippen LogP contribution in [0.5, 0.6) is 0 Å². The minimum absolute atomic E-state index is 0.0784. The van der Waals surface area contributed by atoms with Gasteiger partial charge in [0, 0.05) is 11.9 Å². The number of nitrogens with one attached hydrogen (secondary N) is 1. The molecule has 3 nitrogen and oxygen atoms in total. The summed E-state index contributed by atoms with van der Waals surface area (Å²) in [5.41, 5.74) is 1.77. The number of hydrogen-bond acceptors (Lipinski definition) is 3. The Balaban J connectivity index is 1.86. The highest BCUT2D eigenvalue weighted by molar-refractivity contribution is 5.59. The Morgan fingerprint density at radius 2 is 1.58 bits per heavy atom. The lowest BCUT2D eigenvalue weighted by Crippen LogP contribution is -2.10. The molecule has 0 saturated carbocycles. The molecule has 0 spiro atoms. The number of para-hydroxylation sites is 1. The molecule has 122 valence electrons. The van der Waals surface area contributed by atoms with Crippen LogP contribution in [0.4, 0.5) is 24.8 Å². The van der Waals surface area contributed by atoms with Gasteiger partial charge < -0.3 is 5.32 Å². The summed E-state index contributed by atoms with van der Waals surface area (Å²) >= 11 is 0. The van der Waals surface area contributed by atoms with E-state index in [4.69, 9.17) is 0 Å². The van der Waals surface area contributed by atoms with E-state index in [1.54, 1.807) is 6.07 Å². The lowest BCUT2D eigenvalue weighted by molar-refractivity contribution is -0.141. The summed E-state index contributed by atoms with van der Waals surface area (Å²) in [6.07, 6.45) is -2.75. The number of aromatic nitrogens is 2. The summed E-state index contributed by atoms with van der Waals surface area (Å²) in [7, 11) is 0. The molecule has 0 atom stereocenters. The number of halogens is 3. The van der Waals surface area contributed by atoms with E-state index in [9.17, 15) is 13.2 Å². The first-order valence-electron chi connectivity index (χ1n) is 7.31. The second-order valence-corrected chi connectivity index (χ2v) is 5.21. The maximum atomic E-state index is 12.8. The van der Waals surface area contributed by atoms with Crippen LogP contribution in [0.1, 0.15) is 16.8 Å². The molecule has 1 heterocycles. The van der Waals surface area contributed by atoms with E-state index in [1.165, 1.54) is 0 Å². The largest absolute Gasteiger partial charge is 0.433 e. The first kappa shape index (κ1) is 16.0. The van der Waals surface area contributed by atoms with Crippen molar-refractivity contribution in [2.45, 2.75) is 12.6 Å². The smallest absolute Gasteiger partial charge is 0.324 e. The molecule has 0 amide bonds. The van der Waals surface area contributed by atoms with E-state index < -0.39 is 11.9 Å². The van der Waals surface area contributed by atoms with Crippen molar-refractivity contribution in [1.82, 2.24) is 9.97 Å². The summed E-state index contributed by atoms with van der Waals surface area (Å²) < 4.78 is 38.3. The highest BCUT2D eigenvalue weighted by atomic mass is 19.4. The summed E-state index contributed by atoms with van der Waals surface area (Å²) in [5.74, 6) is -0.0784. The van der Waals surface area contributed by atoms with Gasteiger partial charge in [-0.25, -0.2) is 9.97 Å². The molecule has 1 aromatic heterocycles. The number of rotatable bonds is 4. The van der Waals surface area contributed by atoms with Crippen LogP contribution < -0.4 is 5.32 Å². The average molecular weight is 329 g/mol. The zero-order valence-corrected chi connectivity index (χ0v) is 12.6. The van der Waals surface area contributed by atoms with Crippen molar-refractivity contribution in [2.75, 3.05) is 5.32 Å². The van der Waals surface area contributed by atoms with Crippen LogP contribution in [0.25, 0.3) is 0 Å². The van der Waals surface area contributed by atoms with Crippen LogP contribution >= 0.6 is 0 Å². The van der Waals surface area contributed by atoms with Crippen molar-refractivity contribution >= 4 is 11.6 Å². The zero-order chi connectivity index (χ0) is 17.0. The van der Waals surface area contributed by atoms with E-state index >= 15 is 0 Å². The summed E-state index contributed by atoms with van der Waals surface area (Å²) in [6, 6.07) is 18.1. The summed E-state index contributed by atoms with van der Waals surface area (Å²) in [4.78, 5) is 7.41. The molecule has 0 aliphatic heterocycles. The lowest BCUT2D eigenvalue weighted by Gasteiger charge is -2.12. The van der Waals surface area contributed by atoms with E-state index in [0.717, 1.165) is 23.4 Å². The molecule has 0 aliphatic carbocycles. The predicted molar refractivity (Wildman–Crippen MR) is 86.0 cm³/mol. The molecule has 0 bridgehead atoms. The Kier molecular flexibility index (Phi) is 4.46. The topological polar surface area (TPSA) is 37.8 Å². The monoisotopic (exact) mass is 329 g/mol. The molecule has 6 heteroatoms. The molecule has 3 aromatic rings. The van der Waals surface area contributed by atoms with Crippen LogP contribution in [0.2, 0.25) is 0 Å². The fraction of sp³-hybridized carbons (Fsp3) is 0.111. The Morgan fingerprint density at radius 1 is 0.875 bits per heavy atom. The quantitative estimate of drug-likeness (QED) is 0.745. The maximum absolute atomic E-state index is 12.8. The van der Waals surface area contributed by atoms with E-state index in [0.29, 0.717) is 12.1 Å². The van der Waals surface area contributed by atoms with Gasteiger partial charge in [0.05, 0.1) is 0 Å². The number of hydrogen-bond donors (Lipinski definition) is 1. The van der Waals surface area contributed by atoms with Crippen LogP contribution in [-0.2, 0) is 12.6 Å². The van der Waals surface area contributed by atoms with E-state index in [1.807, 2.05) is 48.5 Å². The third kappa shape index (κ3) is 3.90. The fourth-order valence-electron chi connectivity index (χ4n) is 2.31. The van der Waals surface area contributed by atoms with Crippen molar-refractivity contribution in [2.24, 2.45) is 0 Å². The van der Waals surface area contributed by atoms with Crippen molar-refractivity contribution in [3.05, 3.63) is 83.7 Å². The molecule has 3 rings (SSSR count). The van der Waals surface area contributed by atoms with Gasteiger partial charge in [0.2, 0.25) is 5.95 Å². The van der Waals surface area contributed by atoms with Gasteiger partial charge in [-0.3, -0.25) is 0 Å². The van der Waals surface area contributed by atoms with Gasteiger partial charge in [-0.1, -0.05) is 48.5 Å². The molecule has 2 aromatic carbocycles. The van der Waals surface area contributed by atoms with Crippen molar-refractivity contribution in [1.29, 1.82) is 0 Å². The number of benzene rings is 2. The molecule has 0 saturated heterocycles. The van der Waals surface area contributed by atoms with Gasteiger partial charge in [0.15, 0.2) is 0 Å². The van der Waals surface area contributed by atoms with Gasteiger partial charge in [-0.2, -0.15) is 13.2 Å². The minimum Gasteiger partial charge on any atom is -0.324 e. The molecular formula is C18H14F3N3. The molecule has 0 fully saturated rings. The minimum atomic E-state index is -4.50. The van der Waals surface area contributed by atoms with Gasteiger partial charge in [0.25, 0.3) is 0 Å². The highest BCUT2D eigenvalue weighted by Crippen LogP contribution is 2.28. The first-order chi connectivity index (χ1) is 11.5. The van der Waals surface area contributed by atoms with E-state index in [-0.39, 0.29) is 5.95 Å². The van der Waals surface area contributed by atoms with Crippen molar-refractivity contribution in [3.8, 4) is 0 Å². The second kappa shape index (κ2) is 6.70. The van der Waals surface area contributed by atoms with Gasteiger partial charge in [-0.15, -0.1) is 0 Å². The Hall–Kier alpha value is -2.89. The third-order valence-corrected chi connectivity index (χ3v) is 3.45. The normalized spacial score (nSPS) is 11.3. The standard InChI is InChI=1S/C18H14F3N3/c19-18(20,21)16-10-11-22-17(24-16)23-15-9-5-4-8-14(15)12-13-6-2-1-3-7-13/h1-11H,12H2,(H,22,23,24). The Labute approximate surface area is 137 Å². The van der Waals surface area contributed by atoms with Gasteiger partial charge >= 0.3 is 6.18 Å². The third-order valence-electron chi connectivity index (χ3n) is 3.45. The summed E-state index contributed by atoms with van der Waals surface area (Å²) in [6.45, 7) is 0. The zero-order valence-electron chi connectivity index (χ0n) is 12.6.